The van der Waals surface area contributed by atoms with Gasteiger partial charge in [-0.15, -0.1) is 0 Å². The fourth-order valence-electron chi connectivity index (χ4n) is 4.06. The number of hydrogen-bond acceptors (Lipinski definition) is 4. The molecule has 0 bridgehead atoms. The van der Waals surface area contributed by atoms with Crippen molar-refractivity contribution in [2.45, 2.75) is 58.0 Å². The Labute approximate surface area is 172 Å². The number of aromatic nitrogens is 1. The molecule has 1 aromatic carbocycles. The third kappa shape index (κ3) is 5.31. The van der Waals surface area contributed by atoms with Crippen LogP contribution < -0.4 is 0 Å². The van der Waals surface area contributed by atoms with Crippen LogP contribution in [0.25, 0.3) is 10.9 Å². The molecule has 1 amide bonds. The van der Waals surface area contributed by atoms with E-state index in [1.807, 2.05) is 51.2 Å². The van der Waals surface area contributed by atoms with Gasteiger partial charge in [-0.2, -0.15) is 0 Å². The number of H-pyrrole nitrogens is 1. The molecule has 1 N–H and O–H groups in total. The molecule has 0 saturated carbocycles. The van der Waals surface area contributed by atoms with Crippen molar-refractivity contribution in [3.8, 4) is 0 Å². The predicted octanol–water partition coefficient (Wildman–Crippen LogP) is 4.85. The van der Waals surface area contributed by atoms with E-state index >= 15 is 0 Å². The maximum Gasteiger partial charge on any atom is 0.410 e. The van der Waals surface area contributed by atoms with Crippen molar-refractivity contribution in [3.63, 3.8) is 0 Å². The highest BCUT2D eigenvalue weighted by molar-refractivity contribution is 5.89. The maximum atomic E-state index is 12.5. The minimum Gasteiger partial charge on any atom is -0.469 e. The standard InChI is InChI=1S/C23H32N2O4/c1-23(2,3)29-22(27)25-13-11-16(12-14-25)9-10-18(21(26)28-4)19-15-24-20-8-6-5-7-17(19)20/h5-8,15-16,18,24H,9-14H2,1-4H3. The van der Waals surface area contributed by atoms with Crippen LogP contribution in [0.5, 0.6) is 0 Å². The Hall–Kier alpha value is -2.50. The van der Waals surface area contributed by atoms with Gasteiger partial charge >= 0.3 is 12.1 Å². The summed E-state index contributed by atoms with van der Waals surface area (Å²) >= 11 is 0. The van der Waals surface area contributed by atoms with Crippen LogP contribution in [0, 0.1) is 5.92 Å². The number of nitrogens with zero attached hydrogens (tertiary/aromatic N) is 1. The van der Waals surface area contributed by atoms with Gasteiger partial charge in [-0.05, 0) is 64.0 Å². The fourth-order valence-corrected chi connectivity index (χ4v) is 4.06. The number of carbonyl (C=O) groups excluding carboxylic acids is 2. The van der Waals surface area contributed by atoms with E-state index < -0.39 is 5.60 Å². The molecule has 0 radical (unpaired) electrons. The number of para-hydroxylation sites is 1. The van der Waals surface area contributed by atoms with E-state index in [-0.39, 0.29) is 18.0 Å². The quantitative estimate of drug-likeness (QED) is 0.728. The lowest BCUT2D eigenvalue weighted by atomic mass is 9.86. The summed E-state index contributed by atoms with van der Waals surface area (Å²) < 4.78 is 10.6. The monoisotopic (exact) mass is 400 g/mol. The lowest BCUT2D eigenvalue weighted by molar-refractivity contribution is -0.142. The Bertz CT molecular complexity index is 844. The molecule has 1 aromatic heterocycles. The SMILES string of the molecule is COC(=O)C(CCC1CCN(C(=O)OC(C)(C)C)CC1)c1c[nH]c2ccccc12. The van der Waals surface area contributed by atoms with Gasteiger partial charge in [0.2, 0.25) is 0 Å². The number of piperidine rings is 1. The van der Waals surface area contributed by atoms with Crippen LogP contribution in [0.2, 0.25) is 0 Å². The van der Waals surface area contributed by atoms with Crippen LogP contribution in [0.4, 0.5) is 4.79 Å². The minimum atomic E-state index is -0.471. The summed E-state index contributed by atoms with van der Waals surface area (Å²) in [4.78, 5) is 29.8. The average molecular weight is 401 g/mol. The molecular formula is C23H32N2O4. The van der Waals surface area contributed by atoms with E-state index in [0.717, 1.165) is 42.1 Å². The first-order valence-electron chi connectivity index (χ1n) is 10.4. The van der Waals surface area contributed by atoms with E-state index in [4.69, 9.17) is 9.47 Å². The molecule has 6 nitrogen and oxygen atoms in total. The van der Waals surface area contributed by atoms with Crippen molar-refractivity contribution < 1.29 is 19.1 Å². The first-order valence-corrected chi connectivity index (χ1v) is 10.4. The maximum absolute atomic E-state index is 12.5. The van der Waals surface area contributed by atoms with Crippen LogP contribution >= 0.6 is 0 Å². The summed E-state index contributed by atoms with van der Waals surface area (Å²) in [6.07, 6.45) is 5.23. The fraction of sp³-hybridized carbons (Fsp3) is 0.565. The van der Waals surface area contributed by atoms with Crippen LogP contribution in [0.1, 0.15) is 57.9 Å². The minimum absolute atomic E-state index is 0.194. The van der Waals surface area contributed by atoms with Crippen molar-refractivity contribution >= 4 is 23.0 Å². The summed E-state index contributed by atoms with van der Waals surface area (Å²) in [5.41, 5.74) is 1.56. The Morgan fingerprint density at radius 2 is 1.90 bits per heavy atom. The van der Waals surface area contributed by atoms with Gasteiger partial charge in [-0.3, -0.25) is 4.79 Å². The van der Waals surface area contributed by atoms with E-state index in [2.05, 4.69) is 4.98 Å². The van der Waals surface area contributed by atoms with Gasteiger partial charge in [0, 0.05) is 30.2 Å². The number of aromatic amines is 1. The molecule has 1 aliphatic rings. The molecule has 3 rings (SSSR count). The number of fused-ring (bicyclic) bond motifs is 1. The number of amides is 1. The Kier molecular flexibility index (Phi) is 6.50. The van der Waals surface area contributed by atoms with Crippen LogP contribution in [-0.4, -0.2) is 47.7 Å². The van der Waals surface area contributed by atoms with Gasteiger partial charge in [0.15, 0.2) is 0 Å². The number of nitrogens with one attached hydrogen (secondary N) is 1. The zero-order valence-corrected chi connectivity index (χ0v) is 17.9. The van der Waals surface area contributed by atoms with Crippen molar-refractivity contribution in [1.82, 2.24) is 9.88 Å². The molecule has 1 aliphatic heterocycles. The van der Waals surface area contributed by atoms with Crippen LogP contribution in [-0.2, 0) is 14.3 Å². The predicted molar refractivity (Wildman–Crippen MR) is 113 cm³/mol. The van der Waals surface area contributed by atoms with Crippen molar-refractivity contribution in [1.29, 1.82) is 0 Å². The summed E-state index contributed by atoms with van der Waals surface area (Å²) in [5.74, 6) is 0.0204. The highest BCUT2D eigenvalue weighted by atomic mass is 16.6. The number of methoxy groups -OCH3 is 1. The number of benzene rings is 1. The summed E-state index contributed by atoms with van der Waals surface area (Å²) in [6.45, 7) is 7.06. The smallest absolute Gasteiger partial charge is 0.410 e. The van der Waals surface area contributed by atoms with E-state index in [9.17, 15) is 9.59 Å². The molecule has 2 aromatic rings. The molecule has 1 saturated heterocycles. The summed E-state index contributed by atoms with van der Waals surface area (Å²) in [5, 5.41) is 1.07. The van der Waals surface area contributed by atoms with Crippen molar-refractivity contribution in [2.75, 3.05) is 20.2 Å². The second-order valence-electron chi connectivity index (χ2n) is 8.85. The topological polar surface area (TPSA) is 71.6 Å². The summed E-state index contributed by atoms with van der Waals surface area (Å²) in [7, 11) is 1.45. The van der Waals surface area contributed by atoms with Gasteiger partial charge in [0.1, 0.15) is 5.60 Å². The molecule has 6 heteroatoms. The second kappa shape index (κ2) is 8.89. The lowest BCUT2D eigenvalue weighted by Crippen LogP contribution is -2.41. The molecule has 1 fully saturated rings. The third-order valence-corrected chi connectivity index (χ3v) is 5.61. The van der Waals surface area contributed by atoms with E-state index in [1.54, 1.807) is 4.90 Å². The number of carbonyl (C=O) groups is 2. The number of rotatable bonds is 5. The Morgan fingerprint density at radius 1 is 1.21 bits per heavy atom. The second-order valence-corrected chi connectivity index (χ2v) is 8.85. The summed E-state index contributed by atoms with van der Waals surface area (Å²) in [6, 6.07) is 8.02. The molecule has 1 atom stereocenters. The normalized spacial score (nSPS) is 16.6. The first kappa shape index (κ1) is 21.2. The molecule has 1 unspecified atom stereocenters. The Morgan fingerprint density at radius 3 is 2.55 bits per heavy atom. The molecule has 29 heavy (non-hydrogen) atoms. The molecule has 0 spiro atoms. The van der Waals surface area contributed by atoms with Gasteiger partial charge < -0.3 is 19.4 Å². The first-order chi connectivity index (χ1) is 13.8. The van der Waals surface area contributed by atoms with Crippen molar-refractivity contribution in [3.05, 3.63) is 36.0 Å². The largest absolute Gasteiger partial charge is 0.469 e. The number of likely N-dealkylation sites (tertiary alicyclic amines) is 1. The highest BCUT2D eigenvalue weighted by Crippen LogP contribution is 2.33. The van der Waals surface area contributed by atoms with Gasteiger partial charge in [-0.25, -0.2) is 4.79 Å². The highest BCUT2D eigenvalue weighted by Gasteiger charge is 2.29. The molecular weight excluding hydrogens is 368 g/mol. The lowest BCUT2D eigenvalue weighted by Gasteiger charge is -2.33. The van der Waals surface area contributed by atoms with Gasteiger partial charge in [0.25, 0.3) is 0 Å². The zero-order valence-electron chi connectivity index (χ0n) is 17.9. The third-order valence-electron chi connectivity index (χ3n) is 5.61. The average Bonchev–Trinajstić information content (AvgIpc) is 3.11. The number of esters is 1. The van der Waals surface area contributed by atoms with E-state index in [1.165, 1.54) is 7.11 Å². The van der Waals surface area contributed by atoms with Gasteiger partial charge in [0.05, 0.1) is 13.0 Å². The number of ether oxygens (including phenoxy) is 2. The van der Waals surface area contributed by atoms with Crippen LogP contribution in [0.3, 0.4) is 0 Å². The van der Waals surface area contributed by atoms with Gasteiger partial charge in [-0.1, -0.05) is 18.2 Å². The molecule has 2 heterocycles. The Balaban J connectivity index is 1.59. The van der Waals surface area contributed by atoms with Crippen molar-refractivity contribution in [2.24, 2.45) is 5.92 Å². The van der Waals surface area contributed by atoms with Crippen LogP contribution in [0.15, 0.2) is 30.5 Å². The molecule has 158 valence electrons. The van der Waals surface area contributed by atoms with E-state index in [0.29, 0.717) is 19.0 Å². The molecule has 0 aliphatic carbocycles. The zero-order chi connectivity index (χ0) is 21.0. The number of hydrogen-bond donors (Lipinski definition) is 1.